The third kappa shape index (κ3) is 4.98. The molecule has 0 unspecified atom stereocenters. The molecule has 3 aromatic rings. The first-order chi connectivity index (χ1) is 16.2. The molecular formula is C29H32N2O3. The fourth-order valence-corrected chi connectivity index (χ4v) is 4.33. The maximum Gasteiger partial charge on any atom is 0.229 e. The van der Waals surface area contributed by atoms with Crippen molar-refractivity contribution in [2.45, 2.75) is 47.0 Å². The summed E-state index contributed by atoms with van der Waals surface area (Å²) in [6, 6.07) is 19.5. The van der Waals surface area contributed by atoms with Crippen LogP contribution in [0.15, 0.2) is 60.7 Å². The van der Waals surface area contributed by atoms with Gasteiger partial charge in [0.1, 0.15) is 11.5 Å². The van der Waals surface area contributed by atoms with Gasteiger partial charge < -0.3 is 15.0 Å². The molecule has 0 radical (unpaired) electrons. The maximum atomic E-state index is 12.9. The highest BCUT2D eigenvalue weighted by atomic mass is 16.5. The first-order valence-corrected chi connectivity index (χ1v) is 11.8. The molecule has 1 N–H and O–H groups in total. The van der Waals surface area contributed by atoms with Gasteiger partial charge in [-0.3, -0.25) is 9.59 Å². The zero-order valence-electron chi connectivity index (χ0n) is 20.5. The highest BCUT2D eigenvalue weighted by Crippen LogP contribution is 2.33. The van der Waals surface area contributed by atoms with Crippen molar-refractivity contribution in [2.24, 2.45) is 5.92 Å². The van der Waals surface area contributed by atoms with E-state index in [0.29, 0.717) is 23.9 Å². The number of hydrogen-bond acceptors (Lipinski definition) is 3. The number of anilines is 2. The zero-order valence-corrected chi connectivity index (χ0v) is 20.5. The van der Waals surface area contributed by atoms with Gasteiger partial charge in [-0.2, -0.15) is 0 Å². The summed E-state index contributed by atoms with van der Waals surface area (Å²) in [6.45, 7) is 10.8. The van der Waals surface area contributed by atoms with Crippen LogP contribution in [0.2, 0.25) is 0 Å². The Kier molecular flexibility index (Phi) is 6.73. The molecule has 2 amide bonds. The van der Waals surface area contributed by atoms with Crippen LogP contribution in [-0.2, 0) is 9.59 Å². The number of benzene rings is 3. The Morgan fingerprint density at radius 3 is 2.47 bits per heavy atom. The van der Waals surface area contributed by atoms with Gasteiger partial charge in [-0.15, -0.1) is 0 Å². The standard InChI is InChI=1S/C29H32N2O3/c1-18(2)25-14-9-19(3)15-27(25)34-24-12-10-23(11-13-24)30-29(33)22-16-28(32)31(17-22)26-8-6-7-20(4)21(26)5/h6-15,18,22H,16-17H2,1-5H3,(H,30,33)/t22-/m1/s1. The molecule has 1 atom stereocenters. The predicted molar refractivity (Wildman–Crippen MR) is 137 cm³/mol. The molecule has 5 heteroatoms. The maximum absolute atomic E-state index is 12.9. The number of ether oxygens (including phenoxy) is 1. The third-order valence-electron chi connectivity index (χ3n) is 6.50. The van der Waals surface area contributed by atoms with Gasteiger partial charge in [0.25, 0.3) is 0 Å². The van der Waals surface area contributed by atoms with E-state index in [1.807, 2.05) is 69.3 Å². The Balaban J connectivity index is 1.41. The highest BCUT2D eigenvalue weighted by Gasteiger charge is 2.35. The summed E-state index contributed by atoms with van der Waals surface area (Å²) < 4.78 is 6.15. The van der Waals surface area contributed by atoms with Gasteiger partial charge in [0, 0.05) is 24.3 Å². The Morgan fingerprint density at radius 1 is 1.03 bits per heavy atom. The summed E-state index contributed by atoms with van der Waals surface area (Å²) >= 11 is 0. The number of aryl methyl sites for hydroxylation is 2. The molecule has 1 saturated heterocycles. The SMILES string of the molecule is Cc1ccc(C(C)C)c(Oc2ccc(NC(=O)[C@@H]3CC(=O)N(c4cccc(C)c4C)C3)cc2)c1. The highest BCUT2D eigenvalue weighted by molar-refractivity contribution is 6.03. The van der Waals surface area contributed by atoms with Crippen LogP contribution in [0.4, 0.5) is 11.4 Å². The van der Waals surface area contributed by atoms with Gasteiger partial charge in [-0.05, 0) is 85.3 Å². The number of amides is 2. The van der Waals surface area contributed by atoms with Crippen LogP contribution in [0.3, 0.4) is 0 Å². The van der Waals surface area contributed by atoms with Crippen LogP contribution < -0.4 is 15.0 Å². The molecular weight excluding hydrogens is 424 g/mol. The summed E-state index contributed by atoms with van der Waals surface area (Å²) in [5.41, 5.74) is 6.07. The molecule has 1 fully saturated rings. The van der Waals surface area contributed by atoms with Gasteiger partial charge in [0.15, 0.2) is 0 Å². The van der Waals surface area contributed by atoms with Crippen LogP contribution in [0.5, 0.6) is 11.5 Å². The van der Waals surface area contributed by atoms with Crippen LogP contribution in [0.25, 0.3) is 0 Å². The summed E-state index contributed by atoms with van der Waals surface area (Å²) in [6.07, 6.45) is 0.214. The minimum absolute atomic E-state index is 0.0169. The van der Waals surface area contributed by atoms with Gasteiger partial charge in [-0.1, -0.05) is 38.1 Å². The van der Waals surface area contributed by atoms with Gasteiger partial charge in [0.05, 0.1) is 5.92 Å². The molecule has 0 saturated carbocycles. The molecule has 1 aliphatic heterocycles. The normalized spacial score (nSPS) is 15.6. The number of nitrogens with zero attached hydrogens (tertiary/aromatic N) is 1. The third-order valence-corrected chi connectivity index (χ3v) is 6.50. The van der Waals surface area contributed by atoms with E-state index in [0.717, 1.165) is 33.7 Å². The lowest BCUT2D eigenvalue weighted by molar-refractivity contribution is -0.122. The predicted octanol–water partition coefficient (Wildman–Crippen LogP) is 6.52. The summed E-state index contributed by atoms with van der Waals surface area (Å²) in [4.78, 5) is 27.3. The number of hydrogen-bond donors (Lipinski definition) is 1. The lowest BCUT2D eigenvalue weighted by Crippen LogP contribution is -2.28. The number of carbonyl (C=O) groups excluding carboxylic acids is 2. The van der Waals surface area contributed by atoms with Crippen molar-refractivity contribution < 1.29 is 14.3 Å². The van der Waals surface area contributed by atoms with Crippen LogP contribution >= 0.6 is 0 Å². The second kappa shape index (κ2) is 9.72. The lowest BCUT2D eigenvalue weighted by Gasteiger charge is -2.20. The van der Waals surface area contributed by atoms with Crippen LogP contribution in [0.1, 0.15) is 48.4 Å². The van der Waals surface area contributed by atoms with Crippen LogP contribution in [0, 0.1) is 26.7 Å². The molecule has 1 aliphatic rings. The van der Waals surface area contributed by atoms with E-state index in [1.54, 1.807) is 4.90 Å². The van der Waals surface area contributed by atoms with E-state index in [-0.39, 0.29) is 24.2 Å². The topological polar surface area (TPSA) is 58.6 Å². The number of nitrogens with one attached hydrogen (secondary N) is 1. The molecule has 0 aliphatic carbocycles. The molecule has 34 heavy (non-hydrogen) atoms. The Hall–Kier alpha value is -3.60. The monoisotopic (exact) mass is 456 g/mol. The molecule has 0 aromatic heterocycles. The molecule has 176 valence electrons. The molecule has 1 heterocycles. The van der Waals surface area contributed by atoms with E-state index in [1.165, 1.54) is 0 Å². The fraction of sp³-hybridized carbons (Fsp3) is 0.310. The van der Waals surface area contributed by atoms with Gasteiger partial charge >= 0.3 is 0 Å². The van der Waals surface area contributed by atoms with Gasteiger partial charge in [0.2, 0.25) is 11.8 Å². The molecule has 5 nitrogen and oxygen atoms in total. The van der Waals surface area contributed by atoms with E-state index >= 15 is 0 Å². The first kappa shape index (κ1) is 23.6. The minimum Gasteiger partial charge on any atom is -0.457 e. The summed E-state index contributed by atoms with van der Waals surface area (Å²) in [7, 11) is 0. The van der Waals surface area contributed by atoms with Crippen molar-refractivity contribution in [3.05, 3.63) is 82.9 Å². The summed E-state index contributed by atoms with van der Waals surface area (Å²) in [5.74, 6) is 1.37. The van der Waals surface area contributed by atoms with Crippen molar-refractivity contribution in [1.29, 1.82) is 0 Å². The van der Waals surface area contributed by atoms with Crippen molar-refractivity contribution in [3.8, 4) is 11.5 Å². The minimum atomic E-state index is -0.385. The Morgan fingerprint density at radius 2 is 1.76 bits per heavy atom. The fourth-order valence-electron chi connectivity index (χ4n) is 4.33. The summed E-state index contributed by atoms with van der Waals surface area (Å²) in [5, 5.41) is 2.96. The second-order valence-electron chi connectivity index (χ2n) is 9.44. The largest absolute Gasteiger partial charge is 0.457 e. The molecule has 4 rings (SSSR count). The van der Waals surface area contributed by atoms with Crippen molar-refractivity contribution >= 4 is 23.2 Å². The Bertz CT molecular complexity index is 1210. The van der Waals surface area contributed by atoms with Crippen molar-refractivity contribution in [1.82, 2.24) is 0 Å². The van der Waals surface area contributed by atoms with E-state index in [2.05, 4.69) is 31.3 Å². The van der Waals surface area contributed by atoms with Crippen LogP contribution in [-0.4, -0.2) is 18.4 Å². The van der Waals surface area contributed by atoms with E-state index < -0.39 is 0 Å². The number of carbonyl (C=O) groups is 2. The van der Waals surface area contributed by atoms with Gasteiger partial charge in [-0.25, -0.2) is 0 Å². The second-order valence-corrected chi connectivity index (χ2v) is 9.44. The molecule has 0 bridgehead atoms. The molecule has 3 aromatic carbocycles. The average Bonchev–Trinajstić information content (AvgIpc) is 3.18. The Labute approximate surface area is 201 Å². The van der Waals surface area contributed by atoms with E-state index in [9.17, 15) is 9.59 Å². The molecule has 0 spiro atoms. The quantitative estimate of drug-likeness (QED) is 0.459. The van der Waals surface area contributed by atoms with Crippen molar-refractivity contribution in [3.63, 3.8) is 0 Å². The average molecular weight is 457 g/mol. The zero-order chi connectivity index (χ0) is 24.4. The van der Waals surface area contributed by atoms with Crippen molar-refractivity contribution in [2.75, 3.05) is 16.8 Å². The first-order valence-electron chi connectivity index (χ1n) is 11.8. The smallest absolute Gasteiger partial charge is 0.229 e. The lowest BCUT2D eigenvalue weighted by atomic mass is 10.0. The van der Waals surface area contributed by atoms with E-state index in [4.69, 9.17) is 4.74 Å². The number of rotatable bonds is 6.